The molecule has 1 aromatic rings. The molecule has 0 radical (unpaired) electrons. The molecule has 0 aliphatic heterocycles. The van der Waals surface area contributed by atoms with Crippen molar-refractivity contribution in [3.63, 3.8) is 0 Å². The second kappa shape index (κ2) is 8.94. The first-order valence-corrected chi connectivity index (χ1v) is 7.21. The van der Waals surface area contributed by atoms with Gasteiger partial charge in [-0.25, -0.2) is 0 Å². The summed E-state index contributed by atoms with van der Waals surface area (Å²) in [6, 6.07) is 8.35. The van der Waals surface area contributed by atoms with E-state index in [9.17, 15) is 0 Å². The average Bonchev–Trinajstić information content (AvgIpc) is 2.41. The van der Waals surface area contributed by atoms with Crippen LogP contribution in [0.15, 0.2) is 24.3 Å². The van der Waals surface area contributed by atoms with Crippen LogP contribution in [0.5, 0.6) is 5.75 Å². The van der Waals surface area contributed by atoms with Gasteiger partial charge in [0.05, 0.1) is 13.2 Å². The number of aliphatic hydroxyl groups excluding tert-OH is 1. The Labute approximate surface area is 117 Å². The van der Waals surface area contributed by atoms with E-state index in [1.54, 1.807) is 0 Å². The minimum Gasteiger partial charge on any atom is -0.494 e. The normalized spacial score (nSPS) is 12.7. The van der Waals surface area contributed by atoms with Crippen molar-refractivity contribution in [2.75, 3.05) is 13.2 Å². The van der Waals surface area contributed by atoms with Gasteiger partial charge in [-0.2, -0.15) is 0 Å². The van der Waals surface area contributed by atoms with Crippen LogP contribution in [0, 0.1) is 5.92 Å². The summed E-state index contributed by atoms with van der Waals surface area (Å²) in [5.41, 5.74) is 1.21. The smallest absolute Gasteiger partial charge is 0.119 e. The molecule has 0 saturated heterocycles. The third kappa shape index (κ3) is 6.60. The molecule has 0 heterocycles. The van der Waals surface area contributed by atoms with Gasteiger partial charge in [0.1, 0.15) is 5.75 Å². The van der Waals surface area contributed by atoms with Gasteiger partial charge in [0, 0.05) is 12.6 Å². The Hall–Kier alpha value is -1.06. The number of nitrogens with one attached hydrogen (secondary N) is 1. The Kier molecular flexibility index (Phi) is 7.53. The number of ether oxygens (including phenoxy) is 1. The Morgan fingerprint density at radius 2 is 1.89 bits per heavy atom. The van der Waals surface area contributed by atoms with Crippen LogP contribution in [0.4, 0.5) is 0 Å². The zero-order chi connectivity index (χ0) is 14.1. The van der Waals surface area contributed by atoms with Gasteiger partial charge in [-0.3, -0.25) is 0 Å². The first-order chi connectivity index (χ1) is 9.15. The molecule has 1 aromatic carbocycles. The Morgan fingerprint density at radius 1 is 1.21 bits per heavy atom. The van der Waals surface area contributed by atoms with Crippen LogP contribution in [-0.2, 0) is 6.54 Å². The zero-order valence-electron chi connectivity index (χ0n) is 12.4. The van der Waals surface area contributed by atoms with E-state index in [0.717, 1.165) is 31.7 Å². The van der Waals surface area contributed by atoms with Crippen LogP contribution >= 0.6 is 0 Å². The van der Waals surface area contributed by atoms with E-state index in [2.05, 4.69) is 38.2 Å². The molecular formula is C16H27NO2. The number of aliphatic hydroxyl groups is 1. The maximum absolute atomic E-state index is 9.11. The molecule has 2 N–H and O–H groups in total. The molecule has 0 aliphatic rings. The molecule has 0 bridgehead atoms. The van der Waals surface area contributed by atoms with Crippen molar-refractivity contribution in [1.29, 1.82) is 0 Å². The molecule has 3 nitrogen and oxygen atoms in total. The fourth-order valence-corrected chi connectivity index (χ4v) is 1.72. The highest BCUT2D eigenvalue weighted by Gasteiger charge is 2.03. The number of hydrogen-bond acceptors (Lipinski definition) is 3. The number of rotatable bonds is 9. The summed E-state index contributed by atoms with van der Waals surface area (Å²) in [6.45, 7) is 8.21. The first kappa shape index (κ1) is 16.0. The summed E-state index contributed by atoms with van der Waals surface area (Å²) in [6.07, 6.45) is 2.02. The van der Waals surface area contributed by atoms with E-state index < -0.39 is 0 Å². The van der Waals surface area contributed by atoms with Gasteiger partial charge >= 0.3 is 0 Å². The van der Waals surface area contributed by atoms with E-state index in [1.165, 1.54) is 5.56 Å². The van der Waals surface area contributed by atoms with Gasteiger partial charge < -0.3 is 15.2 Å². The highest BCUT2D eigenvalue weighted by atomic mass is 16.5. The average molecular weight is 265 g/mol. The van der Waals surface area contributed by atoms with E-state index in [-0.39, 0.29) is 12.6 Å². The molecular weight excluding hydrogens is 238 g/mol. The monoisotopic (exact) mass is 265 g/mol. The Balaban J connectivity index is 2.34. The minimum absolute atomic E-state index is 0.182. The fraction of sp³-hybridized carbons (Fsp3) is 0.625. The minimum atomic E-state index is 0.182. The predicted octanol–water partition coefficient (Wildman–Crippen LogP) is 2.97. The van der Waals surface area contributed by atoms with Crippen molar-refractivity contribution in [2.24, 2.45) is 5.92 Å². The summed E-state index contributed by atoms with van der Waals surface area (Å²) in [4.78, 5) is 0. The van der Waals surface area contributed by atoms with Gasteiger partial charge in [-0.15, -0.1) is 0 Å². The number of benzene rings is 1. The van der Waals surface area contributed by atoms with Crippen molar-refractivity contribution in [3.8, 4) is 5.75 Å². The second-order valence-electron chi connectivity index (χ2n) is 5.34. The molecule has 0 fully saturated rings. The van der Waals surface area contributed by atoms with E-state index in [4.69, 9.17) is 9.84 Å². The van der Waals surface area contributed by atoms with Crippen LogP contribution in [-0.4, -0.2) is 24.4 Å². The standard InChI is InChI=1S/C16H27NO2/c1-4-15(12-18)17-11-14-5-7-16(8-6-14)19-10-9-13(2)3/h5-8,13,15,17-18H,4,9-12H2,1-3H3/t15-/m0/s1. The van der Waals surface area contributed by atoms with Gasteiger partial charge in [0.15, 0.2) is 0 Å². The molecule has 108 valence electrons. The SMILES string of the molecule is CC[C@@H](CO)NCc1ccc(OCCC(C)C)cc1. The fourth-order valence-electron chi connectivity index (χ4n) is 1.72. The molecule has 0 saturated carbocycles. The maximum atomic E-state index is 9.11. The molecule has 0 aromatic heterocycles. The summed E-state index contributed by atoms with van der Waals surface area (Å²) in [5.74, 6) is 1.60. The van der Waals surface area contributed by atoms with Crippen molar-refractivity contribution in [1.82, 2.24) is 5.32 Å². The number of hydrogen-bond donors (Lipinski definition) is 2. The van der Waals surface area contributed by atoms with E-state index in [0.29, 0.717) is 5.92 Å². The van der Waals surface area contributed by atoms with E-state index in [1.807, 2.05) is 12.1 Å². The van der Waals surface area contributed by atoms with Crippen LogP contribution < -0.4 is 10.1 Å². The van der Waals surface area contributed by atoms with Gasteiger partial charge in [0.2, 0.25) is 0 Å². The van der Waals surface area contributed by atoms with Gasteiger partial charge in [0.25, 0.3) is 0 Å². The van der Waals surface area contributed by atoms with Crippen LogP contribution in [0.3, 0.4) is 0 Å². The molecule has 1 atom stereocenters. The van der Waals surface area contributed by atoms with Crippen LogP contribution in [0.25, 0.3) is 0 Å². The lowest BCUT2D eigenvalue weighted by atomic mass is 10.1. The summed E-state index contributed by atoms with van der Waals surface area (Å²) in [7, 11) is 0. The Morgan fingerprint density at radius 3 is 2.42 bits per heavy atom. The van der Waals surface area contributed by atoms with Crippen molar-refractivity contribution < 1.29 is 9.84 Å². The molecule has 0 spiro atoms. The molecule has 0 amide bonds. The Bertz CT molecular complexity index is 331. The third-order valence-corrected chi connectivity index (χ3v) is 3.20. The summed E-state index contributed by atoms with van der Waals surface area (Å²) < 4.78 is 5.68. The van der Waals surface area contributed by atoms with E-state index >= 15 is 0 Å². The van der Waals surface area contributed by atoms with Crippen molar-refractivity contribution in [2.45, 2.75) is 46.2 Å². The van der Waals surface area contributed by atoms with Crippen LogP contribution in [0.1, 0.15) is 39.2 Å². The predicted molar refractivity (Wildman–Crippen MR) is 79.4 cm³/mol. The maximum Gasteiger partial charge on any atom is 0.119 e. The largest absolute Gasteiger partial charge is 0.494 e. The summed E-state index contributed by atoms with van der Waals surface area (Å²) in [5, 5.41) is 12.4. The molecule has 19 heavy (non-hydrogen) atoms. The lowest BCUT2D eigenvalue weighted by Crippen LogP contribution is -2.31. The molecule has 0 unspecified atom stereocenters. The zero-order valence-corrected chi connectivity index (χ0v) is 12.4. The lowest BCUT2D eigenvalue weighted by Gasteiger charge is -2.14. The van der Waals surface area contributed by atoms with Crippen molar-refractivity contribution in [3.05, 3.63) is 29.8 Å². The van der Waals surface area contributed by atoms with Crippen molar-refractivity contribution >= 4 is 0 Å². The third-order valence-electron chi connectivity index (χ3n) is 3.20. The molecule has 3 heteroatoms. The highest BCUT2D eigenvalue weighted by Crippen LogP contribution is 2.13. The molecule has 1 rings (SSSR count). The van der Waals surface area contributed by atoms with Gasteiger partial charge in [-0.05, 0) is 36.5 Å². The first-order valence-electron chi connectivity index (χ1n) is 7.21. The summed E-state index contributed by atoms with van der Waals surface area (Å²) >= 11 is 0. The second-order valence-corrected chi connectivity index (χ2v) is 5.34. The van der Waals surface area contributed by atoms with Gasteiger partial charge in [-0.1, -0.05) is 32.9 Å². The topological polar surface area (TPSA) is 41.5 Å². The lowest BCUT2D eigenvalue weighted by molar-refractivity contribution is 0.238. The quantitative estimate of drug-likeness (QED) is 0.721. The molecule has 0 aliphatic carbocycles. The highest BCUT2D eigenvalue weighted by molar-refractivity contribution is 5.27. The van der Waals surface area contributed by atoms with Crippen LogP contribution in [0.2, 0.25) is 0 Å².